The fourth-order valence-corrected chi connectivity index (χ4v) is 3.65. The third kappa shape index (κ3) is 3.90. The van der Waals surface area contributed by atoms with Crippen LogP contribution in [0, 0.1) is 0 Å². The molecular weight excluding hydrogens is 308 g/mol. The Balaban J connectivity index is 1.76. The van der Waals surface area contributed by atoms with Gasteiger partial charge in [0.05, 0.1) is 0 Å². The van der Waals surface area contributed by atoms with Crippen molar-refractivity contribution in [2.45, 2.75) is 25.1 Å². The number of hydrogen-bond donors (Lipinski definition) is 1. The maximum Gasteiger partial charge on any atom is 0.0341 e. The molecule has 1 aliphatic rings. The van der Waals surface area contributed by atoms with Crippen molar-refractivity contribution >= 4 is 33.4 Å². The molecule has 2 atom stereocenters. The van der Waals surface area contributed by atoms with Crippen molar-refractivity contribution in [1.82, 2.24) is 4.90 Å². The van der Waals surface area contributed by atoms with Crippen LogP contribution in [0.3, 0.4) is 0 Å². The summed E-state index contributed by atoms with van der Waals surface area (Å²) < 4.78 is 1.13. The highest BCUT2D eigenvalue weighted by molar-refractivity contribution is 9.10. The summed E-state index contributed by atoms with van der Waals surface area (Å²) in [7, 11) is 0. The molecular formula is C14H21BrN2S. The molecule has 18 heavy (non-hydrogen) atoms. The summed E-state index contributed by atoms with van der Waals surface area (Å²) in [4.78, 5) is 2.59. The van der Waals surface area contributed by atoms with E-state index in [9.17, 15) is 0 Å². The van der Waals surface area contributed by atoms with E-state index in [0.29, 0.717) is 6.04 Å². The minimum atomic E-state index is 0.690. The van der Waals surface area contributed by atoms with Crippen LogP contribution in [-0.2, 0) is 0 Å². The Hall–Kier alpha value is -0.190. The number of hydrogen-bond acceptors (Lipinski definition) is 3. The van der Waals surface area contributed by atoms with Gasteiger partial charge in [-0.3, -0.25) is 4.90 Å². The summed E-state index contributed by atoms with van der Waals surface area (Å²) in [6, 6.07) is 9.06. The van der Waals surface area contributed by atoms with Gasteiger partial charge in [-0.25, -0.2) is 0 Å². The molecule has 0 saturated carbocycles. The van der Waals surface area contributed by atoms with Gasteiger partial charge in [0.2, 0.25) is 0 Å². The highest BCUT2D eigenvalue weighted by Gasteiger charge is 2.24. The van der Waals surface area contributed by atoms with Crippen LogP contribution in [0.15, 0.2) is 28.7 Å². The molecule has 2 nitrogen and oxygen atoms in total. The molecule has 0 radical (unpaired) electrons. The molecule has 0 aromatic heterocycles. The molecule has 0 spiro atoms. The number of nitrogens with one attached hydrogen (secondary N) is 1. The van der Waals surface area contributed by atoms with E-state index in [1.807, 2.05) is 0 Å². The molecule has 1 aromatic carbocycles. The SMILES string of the molecule is CC1SCCN(CCNc2ccc(Br)cc2)C1C. The molecule has 0 amide bonds. The van der Waals surface area contributed by atoms with Crippen LogP contribution < -0.4 is 5.32 Å². The minimum absolute atomic E-state index is 0.690. The molecule has 4 heteroatoms. The fourth-order valence-electron chi connectivity index (χ4n) is 2.22. The van der Waals surface area contributed by atoms with Crippen molar-refractivity contribution in [3.8, 4) is 0 Å². The van der Waals surface area contributed by atoms with E-state index in [2.05, 4.69) is 76.0 Å². The molecule has 2 unspecified atom stereocenters. The predicted molar refractivity (Wildman–Crippen MR) is 85.6 cm³/mol. The topological polar surface area (TPSA) is 15.3 Å². The summed E-state index contributed by atoms with van der Waals surface area (Å²) in [5.41, 5.74) is 1.20. The van der Waals surface area contributed by atoms with Gasteiger partial charge in [-0.05, 0) is 31.2 Å². The Kier molecular flexibility index (Phi) is 5.39. The van der Waals surface area contributed by atoms with Gasteiger partial charge in [0.15, 0.2) is 0 Å². The van der Waals surface area contributed by atoms with E-state index in [0.717, 1.165) is 22.8 Å². The predicted octanol–water partition coefficient (Wildman–Crippen LogP) is 3.69. The average molecular weight is 329 g/mol. The van der Waals surface area contributed by atoms with Crippen molar-refractivity contribution in [1.29, 1.82) is 0 Å². The first-order valence-electron chi connectivity index (χ1n) is 6.52. The van der Waals surface area contributed by atoms with Gasteiger partial charge in [0.1, 0.15) is 0 Å². The van der Waals surface area contributed by atoms with Crippen LogP contribution in [-0.4, -0.2) is 41.6 Å². The number of anilines is 1. The van der Waals surface area contributed by atoms with Gasteiger partial charge in [-0.2, -0.15) is 11.8 Å². The summed E-state index contributed by atoms with van der Waals surface area (Å²) in [5.74, 6) is 1.27. The molecule has 1 fully saturated rings. The second-order valence-corrected chi connectivity index (χ2v) is 7.19. The zero-order chi connectivity index (χ0) is 13.0. The molecule has 1 N–H and O–H groups in total. The Bertz CT molecular complexity index is 369. The monoisotopic (exact) mass is 328 g/mol. The number of benzene rings is 1. The van der Waals surface area contributed by atoms with Crippen molar-refractivity contribution in [3.05, 3.63) is 28.7 Å². The number of halogens is 1. The van der Waals surface area contributed by atoms with E-state index < -0.39 is 0 Å². The van der Waals surface area contributed by atoms with E-state index >= 15 is 0 Å². The van der Waals surface area contributed by atoms with Crippen LogP contribution >= 0.6 is 27.7 Å². The van der Waals surface area contributed by atoms with Crippen LogP contribution in [0.5, 0.6) is 0 Å². The Morgan fingerprint density at radius 3 is 2.78 bits per heavy atom. The first-order chi connectivity index (χ1) is 8.66. The molecule has 1 aromatic rings. The third-order valence-corrected chi connectivity index (χ3v) is 5.45. The Morgan fingerprint density at radius 2 is 2.06 bits per heavy atom. The molecule has 1 heterocycles. The van der Waals surface area contributed by atoms with Gasteiger partial charge in [-0.1, -0.05) is 22.9 Å². The van der Waals surface area contributed by atoms with Crippen molar-refractivity contribution in [2.24, 2.45) is 0 Å². The van der Waals surface area contributed by atoms with Gasteiger partial charge in [-0.15, -0.1) is 0 Å². The third-order valence-electron chi connectivity index (χ3n) is 3.59. The Morgan fingerprint density at radius 1 is 1.33 bits per heavy atom. The van der Waals surface area contributed by atoms with Crippen molar-refractivity contribution < 1.29 is 0 Å². The van der Waals surface area contributed by atoms with E-state index in [-0.39, 0.29) is 0 Å². The lowest BCUT2D eigenvalue weighted by molar-refractivity contribution is 0.221. The second kappa shape index (κ2) is 6.83. The lowest BCUT2D eigenvalue weighted by atomic mass is 10.2. The molecule has 0 bridgehead atoms. The standard InChI is InChI=1S/C14H21BrN2S/c1-11-12(2)18-10-9-17(11)8-7-16-14-5-3-13(15)4-6-14/h3-6,11-12,16H,7-10H2,1-2H3. The van der Waals surface area contributed by atoms with Gasteiger partial charge >= 0.3 is 0 Å². The minimum Gasteiger partial charge on any atom is -0.384 e. The summed E-state index contributed by atoms with van der Waals surface area (Å²) in [6.45, 7) is 8.05. The first kappa shape index (κ1) is 14.2. The van der Waals surface area contributed by atoms with E-state index in [1.54, 1.807) is 0 Å². The zero-order valence-electron chi connectivity index (χ0n) is 11.0. The number of thioether (sulfide) groups is 1. The van der Waals surface area contributed by atoms with Crippen LogP contribution in [0.1, 0.15) is 13.8 Å². The number of rotatable bonds is 4. The number of nitrogens with zero attached hydrogens (tertiary/aromatic N) is 1. The maximum atomic E-state index is 3.49. The smallest absolute Gasteiger partial charge is 0.0341 e. The largest absolute Gasteiger partial charge is 0.384 e. The zero-order valence-corrected chi connectivity index (χ0v) is 13.4. The van der Waals surface area contributed by atoms with Gasteiger partial charge in [0.25, 0.3) is 0 Å². The van der Waals surface area contributed by atoms with E-state index in [4.69, 9.17) is 0 Å². The lowest BCUT2D eigenvalue weighted by Crippen LogP contribution is -2.46. The van der Waals surface area contributed by atoms with Crippen LogP contribution in [0.25, 0.3) is 0 Å². The summed E-state index contributed by atoms with van der Waals surface area (Å²) in [6.07, 6.45) is 0. The maximum absolute atomic E-state index is 3.49. The second-order valence-electron chi connectivity index (χ2n) is 4.79. The molecule has 0 aliphatic carbocycles. The van der Waals surface area contributed by atoms with Crippen molar-refractivity contribution in [2.75, 3.05) is 30.7 Å². The lowest BCUT2D eigenvalue weighted by Gasteiger charge is -2.37. The Labute approximate surface area is 123 Å². The highest BCUT2D eigenvalue weighted by atomic mass is 79.9. The fraction of sp³-hybridized carbons (Fsp3) is 0.571. The molecule has 1 saturated heterocycles. The summed E-state index contributed by atoms with van der Waals surface area (Å²) >= 11 is 5.55. The highest BCUT2D eigenvalue weighted by Crippen LogP contribution is 2.23. The molecule has 1 aliphatic heterocycles. The molecule has 100 valence electrons. The van der Waals surface area contributed by atoms with Crippen LogP contribution in [0.4, 0.5) is 5.69 Å². The van der Waals surface area contributed by atoms with Gasteiger partial charge in [0, 0.05) is 46.8 Å². The van der Waals surface area contributed by atoms with Crippen LogP contribution in [0.2, 0.25) is 0 Å². The first-order valence-corrected chi connectivity index (χ1v) is 8.36. The van der Waals surface area contributed by atoms with Gasteiger partial charge < -0.3 is 5.32 Å². The normalized spacial score (nSPS) is 25.1. The van der Waals surface area contributed by atoms with Crippen molar-refractivity contribution in [3.63, 3.8) is 0 Å². The quantitative estimate of drug-likeness (QED) is 0.907. The summed E-state index contributed by atoms with van der Waals surface area (Å²) in [5, 5.41) is 4.24. The molecule has 2 rings (SSSR count). The average Bonchev–Trinajstić information content (AvgIpc) is 2.37. The van der Waals surface area contributed by atoms with E-state index in [1.165, 1.54) is 18.0 Å².